The maximum atomic E-state index is 13.2. The Morgan fingerprint density at radius 3 is 1.56 bits per heavy atom. The highest BCUT2D eigenvalue weighted by molar-refractivity contribution is 6.04. The minimum absolute atomic E-state index is 0.0264. The summed E-state index contributed by atoms with van der Waals surface area (Å²) in [5.41, 5.74) is 1.10. The topological polar surface area (TPSA) is 98.7 Å². The largest absolute Gasteiger partial charge is 0.478 e. The van der Waals surface area contributed by atoms with E-state index in [1.54, 1.807) is 6.08 Å². The first-order valence-corrected chi connectivity index (χ1v) is 15.0. The molecule has 256 valence electrons. The summed E-state index contributed by atoms with van der Waals surface area (Å²) in [6, 6.07) is 12.2. The van der Waals surface area contributed by atoms with Crippen LogP contribution in [-0.2, 0) is 27.4 Å². The van der Waals surface area contributed by atoms with Gasteiger partial charge in [0.1, 0.15) is 11.6 Å². The second-order valence-corrected chi connectivity index (χ2v) is 12.2. The van der Waals surface area contributed by atoms with Crippen LogP contribution in [-0.4, -0.2) is 53.1 Å². The van der Waals surface area contributed by atoms with E-state index in [9.17, 15) is 35.9 Å². The summed E-state index contributed by atoms with van der Waals surface area (Å²) >= 11 is 0. The van der Waals surface area contributed by atoms with Crippen molar-refractivity contribution in [2.45, 2.75) is 51.4 Å². The first-order valence-electron chi connectivity index (χ1n) is 15.0. The maximum absolute atomic E-state index is 13.2. The number of carboxylic acid groups (broad SMARTS) is 1. The highest BCUT2D eigenvalue weighted by Crippen LogP contribution is 2.37. The molecule has 0 radical (unpaired) electrons. The van der Waals surface area contributed by atoms with Gasteiger partial charge in [0.05, 0.1) is 11.1 Å². The molecule has 1 amide bonds. The Balaban J connectivity index is 0.000000237. The van der Waals surface area contributed by atoms with Crippen LogP contribution in [0.15, 0.2) is 84.2 Å². The number of carbonyl (C=O) groups is 2. The summed E-state index contributed by atoms with van der Waals surface area (Å²) in [5.74, 6) is -1.52. The van der Waals surface area contributed by atoms with Crippen molar-refractivity contribution >= 4 is 29.2 Å². The molecule has 0 atom stereocenters. The highest BCUT2D eigenvalue weighted by atomic mass is 19.4. The molecule has 48 heavy (non-hydrogen) atoms. The summed E-state index contributed by atoms with van der Waals surface area (Å²) in [7, 11) is 0. The number of aromatic nitrogens is 2. The second-order valence-electron chi connectivity index (χ2n) is 12.2. The molecule has 2 aliphatic rings. The van der Waals surface area contributed by atoms with Crippen LogP contribution in [0.5, 0.6) is 0 Å². The predicted molar refractivity (Wildman–Crippen MR) is 170 cm³/mol. The van der Waals surface area contributed by atoms with Crippen LogP contribution in [0.3, 0.4) is 0 Å². The highest BCUT2D eigenvalue weighted by Gasteiger charge is 2.37. The molecule has 3 aromatic rings. The minimum atomic E-state index is -4.47. The van der Waals surface area contributed by atoms with Crippen molar-refractivity contribution in [3.05, 3.63) is 101 Å². The van der Waals surface area contributed by atoms with Crippen molar-refractivity contribution in [2.24, 2.45) is 0 Å². The van der Waals surface area contributed by atoms with E-state index in [4.69, 9.17) is 5.11 Å². The van der Waals surface area contributed by atoms with Crippen LogP contribution in [0.25, 0.3) is 0 Å². The average Bonchev–Trinajstić information content (AvgIpc) is 3.04. The van der Waals surface area contributed by atoms with E-state index in [0.717, 1.165) is 12.1 Å². The fraction of sp³-hybridized carbons (Fsp3) is 0.353. The number of benzene rings is 1. The number of rotatable bonds is 5. The fourth-order valence-corrected chi connectivity index (χ4v) is 5.13. The molecule has 4 heterocycles. The van der Waals surface area contributed by atoms with Gasteiger partial charge in [-0.15, -0.1) is 0 Å². The van der Waals surface area contributed by atoms with Gasteiger partial charge in [0.15, 0.2) is 0 Å². The zero-order valence-corrected chi connectivity index (χ0v) is 26.5. The van der Waals surface area contributed by atoms with Gasteiger partial charge in [0.25, 0.3) is 5.91 Å². The number of pyridine rings is 2. The standard InChI is InChI=1S/C22H24F3N3O.C12H11F3N2O2/c1-21(2,3)16-6-8-17(9-7-16)27-20(29)15-10-13-28(14-11-15)19-18(22(23,24)25)5-4-12-26-19;13-12(14,15)9-2-1-5-16-10(9)17-6-3-8(4-7-17)11(18)19/h4-10,12H,11,13-14H2,1-3H3,(H,27,29);1-3,5H,4,6-7H2,(H,18,19). The van der Waals surface area contributed by atoms with Gasteiger partial charge in [-0.2, -0.15) is 26.3 Å². The Labute approximate surface area is 273 Å². The van der Waals surface area contributed by atoms with Gasteiger partial charge in [-0.3, -0.25) is 4.79 Å². The van der Waals surface area contributed by atoms with Crippen molar-refractivity contribution in [3.8, 4) is 0 Å². The lowest BCUT2D eigenvalue weighted by Crippen LogP contribution is -2.33. The third-order valence-electron chi connectivity index (χ3n) is 7.78. The zero-order chi connectivity index (χ0) is 35.3. The minimum Gasteiger partial charge on any atom is -0.478 e. The number of hydrogen-bond donors (Lipinski definition) is 2. The van der Waals surface area contributed by atoms with Crippen LogP contribution in [0.2, 0.25) is 0 Å². The molecule has 0 fully saturated rings. The van der Waals surface area contributed by atoms with Crippen LogP contribution in [0.1, 0.15) is 50.3 Å². The maximum Gasteiger partial charge on any atom is 0.419 e. The number of carbonyl (C=O) groups excluding carboxylic acids is 1. The summed E-state index contributed by atoms with van der Waals surface area (Å²) in [4.78, 5) is 33.9. The van der Waals surface area contributed by atoms with Crippen molar-refractivity contribution in [3.63, 3.8) is 0 Å². The number of aliphatic carboxylic acids is 1. The zero-order valence-electron chi connectivity index (χ0n) is 26.5. The summed E-state index contributed by atoms with van der Waals surface area (Å²) in [6.45, 7) is 7.16. The summed E-state index contributed by atoms with van der Waals surface area (Å²) < 4.78 is 78.1. The SMILES string of the molecule is CC(C)(C)c1ccc(NC(=O)C2=CCN(c3ncccc3C(F)(F)F)CC2)cc1.O=C(O)C1=CCN(c2ncccc2C(F)(F)F)CC1. The number of alkyl halides is 6. The first-order chi connectivity index (χ1) is 22.4. The Kier molecular flexibility index (Phi) is 10.9. The van der Waals surface area contributed by atoms with E-state index in [1.807, 2.05) is 24.3 Å². The molecule has 5 rings (SSSR count). The molecule has 0 aliphatic carbocycles. The third-order valence-corrected chi connectivity index (χ3v) is 7.78. The molecule has 2 aliphatic heterocycles. The number of hydrogen-bond acceptors (Lipinski definition) is 6. The van der Waals surface area contributed by atoms with Gasteiger partial charge < -0.3 is 20.2 Å². The number of anilines is 3. The number of carboxylic acids is 1. The Bertz CT molecular complexity index is 1680. The Hall–Kier alpha value is -4.88. The molecule has 2 N–H and O–H groups in total. The van der Waals surface area contributed by atoms with E-state index in [2.05, 4.69) is 36.1 Å². The van der Waals surface area contributed by atoms with Gasteiger partial charge >= 0.3 is 18.3 Å². The molecule has 0 spiro atoms. The van der Waals surface area contributed by atoms with E-state index in [-0.39, 0.29) is 54.6 Å². The molecule has 14 heteroatoms. The van der Waals surface area contributed by atoms with E-state index >= 15 is 0 Å². The fourth-order valence-electron chi connectivity index (χ4n) is 5.13. The third kappa shape index (κ3) is 9.14. The van der Waals surface area contributed by atoms with Gasteiger partial charge in [-0.05, 0) is 60.2 Å². The molecule has 2 aromatic heterocycles. The van der Waals surface area contributed by atoms with Crippen molar-refractivity contribution in [1.29, 1.82) is 0 Å². The normalized spacial score (nSPS) is 15.5. The van der Waals surface area contributed by atoms with Crippen molar-refractivity contribution < 1.29 is 41.0 Å². The molecular formula is C34H35F6N5O3. The summed E-state index contributed by atoms with van der Waals surface area (Å²) in [6.07, 6.45) is -2.68. The average molecular weight is 676 g/mol. The van der Waals surface area contributed by atoms with Gasteiger partial charge in [-0.25, -0.2) is 14.8 Å². The van der Waals surface area contributed by atoms with Crippen LogP contribution in [0.4, 0.5) is 43.7 Å². The number of nitrogens with zero attached hydrogens (tertiary/aromatic N) is 4. The molecule has 0 unspecified atom stereocenters. The van der Waals surface area contributed by atoms with E-state index in [0.29, 0.717) is 24.2 Å². The molecular weight excluding hydrogens is 640 g/mol. The van der Waals surface area contributed by atoms with Crippen molar-refractivity contribution in [1.82, 2.24) is 9.97 Å². The molecule has 0 saturated carbocycles. The van der Waals surface area contributed by atoms with E-state index in [1.165, 1.54) is 46.0 Å². The smallest absolute Gasteiger partial charge is 0.419 e. The lowest BCUT2D eigenvalue weighted by Gasteiger charge is -2.29. The Morgan fingerprint density at radius 2 is 1.19 bits per heavy atom. The molecule has 1 aromatic carbocycles. The predicted octanol–water partition coefficient (Wildman–Crippen LogP) is 7.49. The molecule has 8 nitrogen and oxygen atoms in total. The molecule has 0 bridgehead atoms. The number of amides is 1. The van der Waals surface area contributed by atoms with Gasteiger partial charge in [-0.1, -0.05) is 45.1 Å². The molecule has 0 saturated heterocycles. The van der Waals surface area contributed by atoms with Crippen LogP contribution >= 0.6 is 0 Å². The van der Waals surface area contributed by atoms with Crippen LogP contribution in [0, 0.1) is 0 Å². The first kappa shape index (κ1) is 36.0. The number of halogens is 6. The monoisotopic (exact) mass is 675 g/mol. The quantitative estimate of drug-likeness (QED) is 0.271. The van der Waals surface area contributed by atoms with E-state index < -0.39 is 29.4 Å². The summed E-state index contributed by atoms with van der Waals surface area (Å²) in [5, 5.41) is 11.7. The van der Waals surface area contributed by atoms with Gasteiger partial charge in [0.2, 0.25) is 0 Å². The van der Waals surface area contributed by atoms with Crippen molar-refractivity contribution in [2.75, 3.05) is 41.3 Å². The Morgan fingerprint density at radius 1 is 0.729 bits per heavy atom. The number of nitrogens with one attached hydrogen (secondary N) is 1. The second kappa shape index (κ2) is 14.5. The van der Waals surface area contributed by atoms with Crippen LogP contribution < -0.4 is 15.1 Å². The lowest BCUT2D eigenvalue weighted by molar-refractivity contribution is -0.138. The lowest BCUT2D eigenvalue weighted by atomic mass is 9.87. The van der Waals surface area contributed by atoms with Gasteiger partial charge in [0, 0.05) is 55.4 Å².